The van der Waals surface area contributed by atoms with Crippen LogP contribution in [0.1, 0.15) is 45.1 Å². The van der Waals surface area contributed by atoms with Crippen LogP contribution in [0, 0.1) is 5.92 Å². The average molecular weight is 341 g/mol. The lowest BCUT2D eigenvalue weighted by atomic mass is 10.1. The summed E-state index contributed by atoms with van der Waals surface area (Å²) < 4.78 is 5.14. The van der Waals surface area contributed by atoms with Crippen LogP contribution in [0.3, 0.4) is 0 Å². The molecular formula is C22H31NO2. The van der Waals surface area contributed by atoms with Gasteiger partial charge in [-0.1, -0.05) is 56.4 Å². The van der Waals surface area contributed by atoms with Gasteiger partial charge < -0.3 is 10.1 Å². The van der Waals surface area contributed by atoms with Gasteiger partial charge in [0.2, 0.25) is 5.91 Å². The van der Waals surface area contributed by atoms with Crippen molar-refractivity contribution in [2.24, 2.45) is 5.92 Å². The van der Waals surface area contributed by atoms with E-state index in [1.807, 2.05) is 18.2 Å². The van der Waals surface area contributed by atoms with E-state index in [1.54, 1.807) is 19.3 Å². The number of methoxy groups -OCH3 is 1. The third-order valence-electron chi connectivity index (χ3n) is 3.60. The zero-order valence-corrected chi connectivity index (χ0v) is 15.7. The molecule has 0 spiro atoms. The molecule has 1 aromatic carbocycles. The van der Waals surface area contributed by atoms with Gasteiger partial charge in [0, 0.05) is 12.6 Å². The fraction of sp³-hybridized carbons (Fsp3) is 0.409. The Morgan fingerprint density at radius 3 is 2.40 bits per heavy atom. The number of amides is 1. The molecule has 25 heavy (non-hydrogen) atoms. The second kappa shape index (κ2) is 13.1. The Hall–Kier alpha value is -2.29. The summed E-state index contributed by atoms with van der Waals surface area (Å²) in [4.78, 5) is 11.5. The zero-order chi connectivity index (χ0) is 18.3. The number of hydrogen-bond donors (Lipinski definition) is 1. The van der Waals surface area contributed by atoms with Gasteiger partial charge >= 0.3 is 0 Å². The largest absolute Gasteiger partial charge is 0.497 e. The molecule has 1 amide bonds. The summed E-state index contributed by atoms with van der Waals surface area (Å²) in [6.07, 6.45) is 16.2. The Bertz CT molecular complexity index is 568. The second-order valence-corrected chi connectivity index (χ2v) is 6.39. The summed E-state index contributed by atoms with van der Waals surface area (Å²) in [5, 5.41) is 2.85. The van der Waals surface area contributed by atoms with Crippen molar-refractivity contribution < 1.29 is 9.53 Å². The van der Waals surface area contributed by atoms with E-state index in [1.165, 1.54) is 5.56 Å². The summed E-state index contributed by atoms with van der Waals surface area (Å²) in [5.74, 6) is 1.34. The highest BCUT2D eigenvalue weighted by atomic mass is 16.5. The lowest BCUT2D eigenvalue weighted by Gasteiger charge is -2.03. The number of benzene rings is 1. The molecule has 0 aliphatic heterocycles. The van der Waals surface area contributed by atoms with Crippen LogP contribution >= 0.6 is 0 Å². The van der Waals surface area contributed by atoms with Gasteiger partial charge in [0.15, 0.2) is 0 Å². The SMILES string of the molecule is COc1ccc(/C=C/CCCC/C=C/C=C/C(=O)NCC(C)C)cc1. The molecule has 1 rings (SSSR count). The number of unbranched alkanes of at least 4 members (excludes halogenated alkanes) is 3. The zero-order valence-electron chi connectivity index (χ0n) is 15.7. The molecule has 3 nitrogen and oxygen atoms in total. The first kappa shape index (κ1) is 20.8. The third kappa shape index (κ3) is 11.0. The van der Waals surface area contributed by atoms with Crippen LogP contribution in [0.5, 0.6) is 5.75 Å². The van der Waals surface area contributed by atoms with Crippen molar-refractivity contribution in [2.45, 2.75) is 39.5 Å². The molecule has 0 aliphatic carbocycles. The molecule has 1 N–H and O–H groups in total. The quantitative estimate of drug-likeness (QED) is 0.343. The first-order valence-corrected chi connectivity index (χ1v) is 9.03. The molecule has 0 bridgehead atoms. The third-order valence-corrected chi connectivity index (χ3v) is 3.60. The molecule has 0 saturated carbocycles. The van der Waals surface area contributed by atoms with Crippen LogP contribution in [0.25, 0.3) is 6.08 Å². The summed E-state index contributed by atoms with van der Waals surface area (Å²) >= 11 is 0. The molecule has 0 radical (unpaired) electrons. The van der Waals surface area contributed by atoms with Crippen molar-refractivity contribution in [1.29, 1.82) is 0 Å². The van der Waals surface area contributed by atoms with Gasteiger partial charge in [-0.3, -0.25) is 4.79 Å². The molecule has 1 aromatic rings. The maximum Gasteiger partial charge on any atom is 0.243 e. The minimum Gasteiger partial charge on any atom is -0.497 e. The molecule has 0 aromatic heterocycles. The minimum atomic E-state index is -0.0259. The van der Waals surface area contributed by atoms with Crippen LogP contribution in [0.2, 0.25) is 0 Å². The number of ether oxygens (including phenoxy) is 1. The summed E-state index contributed by atoms with van der Waals surface area (Å²) in [6, 6.07) is 8.06. The topological polar surface area (TPSA) is 38.3 Å². The monoisotopic (exact) mass is 341 g/mol. The Kier molecular flexibility index (Phi) is 10.8. The van der Waals surface area contributed by atoms with Crippen molar-refractivity contribution in [3.63, 3.8) is 0 Å². The second-order valence-electron chi connectivity index (χ2n) is 6.39. The standard InChI is InChI=1S/C22H31NO2/c1-19(2)18-23-22(24)13-11-9-7-5-4-6-8-10-12-20-14-16-21(25-3)17-15-20/h7,9-17,19H,4-6,8,18H2,1-3H3,(H,23,24)/b9-7+,12-10+,13-11+. The average Bonchev–Trinajstić information content (AvgIpc) is 2.62. The van der Waals surface area contributed by atoms with Gasteiger partial charge in [0.1, 0.15) is 5.75 Å². The highest BCUT2D eigenvalue weighted by Gasteiger charge is 1.95. The number of nitrogens with one attached hydrogen (secondary N) is 1. The maximum atomic E-state index is 11.5. The molecular weight excluding hydrogens is 310 g/mol. The van der Waals surface area contributed by atoms with Crippen molar-refractivity contribution in [3.8, 4) is 5.75 Å². The summed E-state index contributed by atoms with van der Waals surface area (Å²) in [6.45, 7) is 4.88. The van der Waals surface area contributed by atoms with Gasteiger partial charge in [-0.05, 0) is 49.3 Å². The Labute approximate surface area is 152 Å². The lowest BCUT2D eigenvalue weighted by Crippen LogP contribution is -2.25. The minimum absolute atomic E-state index is 0.0259. The van der Waals surface area contributed by atoms with Crippen molar-refractivity contribution in [1.82, 2.24) is 5.32 Å². The normalized spacial score (nSPS) is 11.8. The highest BCUT2D eigenvalue weighted by Crippen LogP contribution is 2.13. The van der Waals surface area contributed by atoms with E-state index < -0.39 is 0 Å². The predicted molar refractivity (Wildman–Crippen MR) is 107 cm³/mol. The molecule has 136 valence electrons. The molecule has 0 fully saturated rings. The van der Waals surface area contributed by atoms with Crippen molar-refractivity contribution in [2.75, 3.05) is 13.7 Å². The molecule has 0 heterocycles. The Balaban J connectivity index is 2.09. The fourth-order valence-corrected chi connectivity index (χ4v) is 2.14. The fourth-order valence-electron chi connectivity index (χ4n) is 2.14. The summed E-state index contributed by atoms with van der Waals surface area (Å²) in [5.41, 5.74) is 1.20. The van der Waals surface area contributed by atoms with Gasteiger partial charge in [-0.2, -0.15) is 0 Å². The molecule has 0 atom stereocenters. The maximum absolute atomic E-state index is 11.5. The lowest BCUT2D eigenvalue weighted by molar-refractivity contribution is -0.116. The van der Waals surface area contributed by atoms with E-state index >= 15 is 0 Å². The van der Waals surface area contributed by atoms with Crippen LogP contribution in [0.15, 0.2) is 54.6 Å². The predicted octanol–water partition coefficient (Wildman–Crippen LogP) is 5.15. The molecule has 0 unspecified atom stereocenters. The molecule has 0 saturated heterocycles. The van der Waals surface area contributed by atoms with Crippen LogP contribution < -0.4 is 10.1 Å². The van der Waals surface area contributed by atoms with E-state index in [2.05, 4.69) is 49.5 Å². The van der Waals surface area contributed by atoms with Crippen LogP contribution in [0.4, 0.5) is 0 Å². The van der Waals surface area contributed by atoms with Crippen LogP contribution in [-0.4, -0.2) is 19.6 Å². The van der Waals surface area contributed by atoms with E-state index in [4.69, 9.17) is 4.74 Å². The van der Waals surface area contributed by atoms with Gasteiger partial charge in [-0.15, -0.1) is 0 Å². The number of carbonyl (C=O) groups excluding carboxylic acids is 1. The van der Waals surface area contributed by atoms with Gasteiger partial charge in [0.25, 0.3) is 0 Å². The molecule has 0 aliphatic rings. The van der Waals surface area contributed by atoms with Crippen LogP contribution in [-0.2, 0) is 4.79 Å². The van der Waals surface area contributed by atoms with E-state index in [0.717, 1.165) is 38.0 Å². The first-order chi connectivity index (χ1) is 12.1. The smallest absolute Gasteiger partial charge is 0.243 e. The number of carbonyl (C=O) groups is 1. The van der Waals surface area contributed by atoms with E-state index in [0.29, 0.717) is 5.92 Å². The van der Waals surface area contributed by atoms with Gasteiger partial charge in [0.05, 0.1) is 7.11 Å². The summed E-state index contributed by atoms with van der Waals surface area (Å²) in [7, 11) is 1.68. The van der Waals surface area contributed by atoms with Gasteiger partial charge in [-0.25, -0.2) is 0 Å². The van der Waals surface area contributed by atoms with E-state index in [-0.39, 0.29) is 5.91 Å². The number of allylic oxidation sites excluding steroid dienone is 4. The molecule has 3 heteroatoms. The number of hydrogen-bond acceptors (Lipinski definition) is 2. The van der Waals surface area contributed by atoms with Crippen molar-refractivity contribution in [3.05, 3.63) is 60.2 Å². The number of rotatable bonds is 11. The first-order valence-electron chi connectivity index (χ1n) is 9.03. The van der Waals surface area contributed by atoms with E-state index in [9.17, 15) is 4.79 Å². The highest BCUT2D eigenvalue weighted by molar-refractivity contribution is 5.87. The Morgan fingerprint density at radius 2 is 1.76 bits per heavy atom. The Morgan fingerprint density at radius 1 is 1.08 bits per heavy atom. The van der Waals surface area contributed by atoms with Crippen molar-refractivity contribution >= 4 is 12.0 Å².